The molecule has 2 unspecified atom stereocenters. The number of likely N-dealkylation sites (tertiary alicyclic amines) is 3. The first-order chi connectivity index (χ1) is 7.72. The van der Waals surface area contributed by atoms with Crippen LogP contribution in [0.2, 0.25) is 0 Å². The highest BCUT2D eigenvalue weighted by molar-refractivity contribution is 4.96. The van der Waals surface area contributed by atoms with Crippen LogP contribution in [0.3, 0.4) is 0 Å². The predicted octanol–water partition coefficient (Wildman–Crippen LogP) is 0.717. The van der Waals surface area contributed by atoms with E-state index in [9.17, 15) is 0 Å². The van der Waals surface area contributed by atoms with Crippen molar-refractivity contribution in [1.82, 2.24) is 14.7 Å². The van der Waals surface area contributed by atoms with Crippen molar-refractivity contribution in [2.75, 3.05) is 46.8 Å². The first-order valence-electron chi connectivity index (χ1n) is 6.85. The lowest BCUT2D eigenvalue weighted by molar-refractivity contribution is 0.100. The Morgan fingerprint density at radius 2 is 1.56 bits per heavy atom. The summed E-state index contributed by atoms with van der Waals surface area (Å²) in [5, 5.41) is 0. The molecule has 0 aromatic rings. The van der Waals surface area contributed by atoms with Crippen LogP contribution in [0.1, 0.15) is 19.3 Å². The molecule has 3 heterocycles. The summed E-state index contributed by atoms with van der Waals surface area (Å²) >= 11 is 0. The van der Waals surface area contributed by atoms with E-state index < -0.39 is 0 Å². The van der Waals surface area contributed by atoms with Crippen molar-refractivity contribution >= 4 is 0 Å². The lowest BCUT2D eigenvalue weighted by Gasteiger charge is -2.38. The molecule has 0 spiro atoms. The predicted molar refractivity (Wildman–Crippen MR) is 66.6 cm³/mol. The van der Waals surface area contributed by atoms with E-state index in [1.54, 1.807) is 0 Å². The highest BCUT2D eigenvalue weighted by Crippen LogP contribution is 2.33. The number of likely N-dealkylation sites (N-methyl/N-ethyl adjacent to an activating group) is 1. The topological polar surface area (TPSA) is 9.72 Å². The summed E-state index contributed by atoms with van der Waals surface area (Å²) in [6.45, 7) is 6.62. The molecule has 0 aliphatic carbocycles. The van der Waals surface area contributed by atoms with Crippen LogP contribution in [0.25, 0.3) is 0 Å². The van der Waals surface area contributed by atoms with Gasteiger partial charge in [-0.1, -0.05) is 0 Å². The first kappa shape index (κ1) is 11.0. The van der Waals surface area contributed by atoms with Gasteiger partial charge in [-0.05, 0) is 52.4 Å². The molecule has 3 heteroatoms. The minimum atomic E-state index is 0.872. The second-order valence-electron chi connectivity index (χ2n) is 6.21. The van der Waals surface area contributed by atoms with Crippen molar-refractivity contribution in [1.29, 1.82) is 0 Å². The SMILES string of the molecule is CN1CCC(N2CC3CC2CN(C)C3)CC1. The monoisotopic (exact) mass is 223 g/mol. The molecule has 3 aliphatic rings. The van der Waals surface area contributed by atoms with E-state index in [1.165, 1.54) is 52.0 Å². The van der Waals surface area contributed by atoms with Gasteiger partial charge in [0.05, 0.1) is 0 Å². The molecular weight excluding hydrogens is 198 g/mol. The molecule has 3 saturated heterocycles. The van der Waals surface area contributed by atoms with E-state index in [1.807, 2.05) is 0 Å². The minimum absolute atomic E-state index is 0.872. The Morgan fingerprint density at radius 1 is 0.812 bits per heavy atom. The van der Waals surface area contributed by atoms with Gasteiger partial charge < -0.3 is 9.80 Å². The van der Waals surface area contributed by atoms with Crippen molar-refractivity contribution in [3.63, 3.8) is 0 Å². The third-order valence-electron chi connectivity index (χ3n) is 4.79. The molecule has 0 aromatic heterocycles. The van der Waals surface area contributed by atoms with Crippen molar-refractivity contribution in [3.8, 4) is 0 Å². The van der Waals surface area contributed by atoms with Crippen LogP contribution in [-0.4, -0.2) is 73.6 Å². The summed E-state index contributed by atoms with van der Waals surface area (Å²) in [5.74, 6) is 0.961. The average molecular weight is 223 g/mol. The minimum Gasteiger partial charge on any atom is -0.306 e. The van der Waals surface area contributed by atoms with Gasteiger partial charge in [-0.3, -0.25) is 4.90 Å². The van der Waals surface area contributed by atoms with Gasteiger partial charge in [0.15, 0.2) is 0 Å². The summed E-state index contributed by atoms with van der Waals surface area (Å²) in [7, 11) is 4.55. The number of nitrogens with zero attached hydrogens (tertiary/aromatic N) is 3. The molecule has 0 N–H and O–H groups in total. The van der Waals surface area contributed by atoms with Gasteiger partial charge in [0.1, 0.15) is 0 Å². The lowest BCUT2D eigenvalue weighted by Crippen LogP contribution is -2.48. The molecule has 0 amide bonds. The van der Waals surface area contributed by atoms with Gasteiger partial charge in [0, 0.05) is 31.7 Å². The average Bonchev–Trinajstić information content (AvgIpc) is 2.55. The Hall–Kier alpha value is -0.120. The van der Waals surface area contributed by atoms with Crippen LogP contribution < -0.4 is 0 Å². The summed E-state index contributed by atoms with van der Waals surface area (Å²) in [6.07, 6.45) is 4.25. The molecule has 92 valence electrons. The zero-order valence-corrected chi connectivity index (χ0v) is 10.7. The van der Waals surface area contributed by atoms with Gasteiger partial charge in [0.2, 0.25) is 0 Å². The van der Waals surface area contributed by atoms with Gasteiger partial charge in [-0.15, -0.1) is 0 Å². The molecule has 16 heavy (non-hydrogen) atoms. The maximum absolute atomic E-state index is 2.85. The summed E-state index contributed by atoms with van der Waals surface area (Å²) < 4.78 is 0. The number of hydrogen-bond donors (Lipinski definition) is 0. The third-order valence-corrected chi connectivity index (χ3v) is 4.79. The van der Waals surface area contributed by atoms with E-state index in [2.05, 4.69) is 28.8 Å². The molecule has 2 bridgehead atoms. The molecule has 3 fully saturated rings. The molecule has 0 saturated carbocycles. The highest BCUT2D eigenvalue weighted by atomic mass is 15.3. The molecule has 3 aliphatic heterocycles. The molecule has 0 aromatic carbocycles. The van der Waals surface area contributed by atoms with E-state index in [4.69, 9.17) is 0 Å². The van der Waals surface area contributed by atoms with Crippen LogP contribution in [-0.2, 0) is 0 Å². The third kappa shape index (κ3) is 2.01. The van der Waals surface area contributed by atoms with Crippen molar-refractivity contribution in [3.05, 3.63) is 0 Å². The standard InChI is InChI=1S/C13H25N3/c1-14-5-3-12(4-6-14)16-9-11-7-13(16)10-15(2)8-11/h11-13H,3-10H2,1-2H3. The Morgan fingerprint density at radius 3 is 2.31 bits per heavy atom. The molecule has 3 nitrogen and oxygen atoms in total. The highest BCUT2D eigenvalue weighted by Gasteiger charge is 2.40. The Labute approximate surface area is 99.4 Å². The fraction of sp³-hybridized carbons (Fsp3) is 1.00. The van der Waals surface area contributed by atoms with E-state index in [0.717, 1.165) is 18.0 Å². The van der Waals surface area contributed by atoms with Crippen molar-refractivity contribution in [2.45, 2.75) is 31.3 Å². The molecule has 2 atom stereocenters. The number of rotatable bonds is 1. The zero-order valence-electron chi connectivity index (χ0n) is 10.7. The summed E-state index contributed by atoms with van der Waals surface area (Å²) in [4.78, 5) is 7.86. The zero-order chi connectivity index (χ0) is 11.1. The van der Waals surface area contributed by atoms with E-state index >= 15 is 0 Å². The molecular formula is C13H25N3. The summed E-state index contributed by atoms with van der Waals surface area (Å²) in [6, 6.07) is 1.76. The van der Waals surface area contributed by atoms with Crippen LogP contribution in [0, 0.1) is 5.92 Å². The van der Waals surface area contributed by atoms with Crippen LogP contribution >= 0.6 is 0 Å². The Balaban J connectivity index is 1.63. The molecule has 0 radical (unpaired) electrons. The van der Waals surface area contributed by atoms with Gasteiger partial charge in [0.25, 0.3) is 0 Å². The van der Waals surface area contributed by atoms with Gasteiger partial charge in [-0.2, -0.15) is 0 Å². The first-order valence-corrected chi connectivity index (χ1v) is 6.85. The normalized spacial score (nSPS) is 39.4. The lowest BCUT2D eigenvalue weighted by atomic mass is 10.00. The van der Waals surface area contributed by atoms with Crippen LogP contribution in [0.4, 0.5) is 0 Å². The molecule has 3 rings (SSSR count). The maximum Gasteiger partial charge on any atom is 0.0229 e. The quantitative estimate of drug-likeness (QED) is 0.648. The number of fused-ring (bicyclic) bond motifs is 2. The van der Waals surface area contributed by atoms with Crippen LogP contribution in [0.5, 0.6) is 0 Å². The fourth-order valence-corrected chi connectivity index (χ4v) is 4.00. The number of piperidine rings is 2. The van der Waals surface area contributed by atoms with Crippen molar-refractivity contribution < 1.29 is 0 Å². The summed E-state index contributed by atoms with van der Waals surface area (Å²) in [5.41, 5.74) is 0. The maximum atomic E-state index is 2.85. The van der Waals surface area contributed by atoms with E-state index in [-0.39, 0.29) is 0 Å². The smallest absolute Gasteiger partial charge is 0.0229 e. The fourth-order valence-electron chi connectivity index (χ4n) is 4.00. The van der Waals surface area contributed by atoms with Gasteiger partial charge in [-0.25, -0.2) is 0 Å². The Kier molecular flexibility index (Phi) is 2.94. The largest absolute Gasteiger partial charge is 0.306 e. The van der Waals surface area contributed by atoms with Crippen LogP contribution in [0.15, 0.2) is 0 Å². The Bertz CT molecular complexity index is 248. The van der Waals surface area contributed by atoms with E-state index in [0.29, 0.717) is 0 Å². The second kappa shape index (κ2) is 4.28. The van der Waals surface area contributed by atoms with Gasteiger partial charge >= 0.3 is 0 Å². The van der Waals surface area contributed by atoms with Crippen molar-refractivity contribution in [2.24, 2.45) is 5.92 Å². The number of hydrogen-bond acceptors (Lipinski definition) is 3. The second-order valence-corrected chi connectivity index (χ2v) is 6.21.